The van der Waals surface area contributed by atoms with E-state index in [0.717, 1.165) is 6.07 Å². The van der Waals surface area contributed by atoms with Gasteiger partial charge in [0, 0.05) is 25.8 Å². The number of guanidine groups is 1. The Morgan fingerprint density at radius 2 is 2.14 bits per heavy atom. The molecule has 7 nitrogen and oxygen atoms in total. The van der Waals surface area contributed by atoms with E-state index in [1.807, 2.05) is 18.7 Å². The molecular weight excluding hydrogens is 504 g/mol. The maximum Gasteiger partial charge on any atom is 0.421 e. The normalized spacial score (nSPS) is 19.5. The molecule has 2 atom stereocenters. The second-order valence-corrected chi connectivity index (χ2v) is 6.45. The molecule has 0 aliphatic carbocycles. The van der Waals surface area contributed by atoms with Gasteiger partial charge in [0.15, 0.2) is 5.96 Å². The first-order chi connectivity index (χ1) is 13.3. The number of hydrogen-bond donors (Lipinski definition) is 1. The van der Waals surface area contributed by atoms with E-state index in [9.17, 15) is 18.0 Å². The van der Waals surface area contributed by atoms with Gasteiger partial charge in [0.05, 0.1) is 19.6 Å². The third-order valence-electron chi connectivity index (χ3n) is 4.42. The summed E-state index contributed by atoms with van der Waals surface area (Å²) in [7, 11) is 1.36. The van der Waals surface area contributed by atoms with Crippen molar-refractivity contribution >= 4 is 35.9 Å². The van der Waals surface area contributed by atoms with Crippen LogP contribution in [0.25, 0.3) is 0 Å². The lowest BCUT2D eigenvalue weighted by atomic mass is 9.99. The standard InChI is InChI=1S/C18H25F3N4O3.HI/c1-4-22-17(25-10-12(2)13(11-25)16(26)27-3)24-8-9-28-15-14(18(19,20)21)6-5-7-23-15;/h5-7,12-13H,4,8-11H2,1-3H3,(H,22,24);1H. The van der Waals surface area contributed by atoms with Crippen LogP contribution in [0.2, 0.25) is 0 Å². The molecule has 1 saturated heterocycles. The van der Waals surface area contributed by atoms with Crippen LogP contribution in [0.15, 0.2) is 23.3 Å². The fraction of sp³-hybridized carbons (Fsp3) is 0.611. The number of aromatic nitrogens is 1. The fourth-order valence-electron chi connectivity index (χ4n) is 3.04. The van der Waals surface area contributed by atoms with Crippen LogP contribution < -0.4 is 10.1 Å². The van der Waals surface area contributed by atoms with Crippen molar-refractivity contribution in [3.8, 4) is 5.88 Å². The number of pyridine rings is 1. The number of halogens is 4. The molecule has 11 heteroatoms. The van der Waals surface area contributed by atoms with Crippen molar-refractivity contribution < 1.29 is 27.4 Å². The molecule has 164 valence electrons. The number of carbonyl (C=O) groups is 1. The minimum Gasteiger partial charge on any atom is -0.475 e. The molecular formula is C18H26F3IN4O3. The number of nitrogens with zero attached hydrogens (tertiary/aromatic N) is 3. The molecule has 0 radical (unpaired) electrons. The van der Waals surface area contributed by atoms with E-state index < -0.39 is 17.6 Å². The van der Waals surface area contributed by atoms with Gasteiger partial charge >= 0.3 is 12.1 Å². The van der Waals surface area contributed by atoms with Crippen LogP contribution in [0.4, 0.5) is 13.2 Å². The summed E-state index contributed by atoms with van der Waals surface area (Å²) in [6, 6.07) is 2.14. The molecule has 29 heavy (non-hydrogen) atoms. The van der Waals surface area contributed by atoms with Crippen molar-refractivity contribution in [2.75, 3.05) is 39.9 Å². The van der Waals surface area contributed by atoms with Crippen molar-refractivity contribution in [1.29, 1.82) is 0 Å². The number of methoxy groups -OCH3 is 1. The molecule has 0 spiro atoms. The summed E-state index contributed by atoms with van der Waals surface area (Å²) < 4.78 is 48.9. The molecule has 1 N–H and O–H groups in total. The zero-order chi connectivity index (χ0) is 20.7. The average molecular weight is 530 g/mol. The van der Waals surface area contributed by atoms with Crippen molar-refractivity contribution in [3.63, 3.8) is 0 Å². The molecule has 1 aliphatic heterocycles. The highest BCUT2D eigenvalue weighted by molar-refractivity contribution is 14.0. The summed E-state index contributed by atoms with van der Waals surface area (Å²) in [5, 5.41) is 3.13. The quantitative estimate of drug-likeness (QED) is 0.201. The van der Waals surface area contributed by atoms with Gasteiger partial charge in [-0.25, -0.2) is 9.98 Å². The Kier molecular flexibility index (Phi) is 9.93. The summed E-state index contributed by atoms with van der Waals surface area (Å²) >= 11 is 0. The molecule has 1 fully saturated rings. The number of hydrogen-bond acceptors (Lipinski definition) is 5. The van der Waals surface area contributed by atoms with Gasteiger partial charge < -0.3 is 19.7 Å². The van der Waals surface area contributed by atoms with Gasteiger partial charge in [0.1, 0.15) is 12.2 Å². The highest BCUT2D eigenvalue weighted by atomic mass is 127. The van der Waals surface area contributed by atoms with Gasteiger partial charge in [0.25, 0.3) is 0 Å². The fourth-order valence-corrected chi connectivity index (χ4v) is 3.04. The number of alkyl halides is 3. The predicted octanol–water partition coefficient (Wildman–Crippen LogP) is 2.80. The lowest BCUT2D eigenvalue weighted by Crippen LogP contribution is -2.41. The number of carbonyl (C=O) groups excluding carboxylic acids is 1. The van der Waals surface area contributed by atoms with Crippen LogP contribution in [0.3, 0.4) is 0 Å². The van der Waals surface area contributed by atoms with Crippen LogP contribution in [0, 0.1) is 11.8 Å². The molecule has 1 aliphatic rings. The minimum atomic E-state index is -4.53. The largest absolute Gasteiger partial charge is 0.475 e. The summed E-state index contributed by atoms with van der Waals surface area (Å²) in [6.45, 7) is 5.68. The van der Waals surface area contributed by atoms with Crippen LogP contribution >= 0.6 is 24.0 Å². The third-order valence-corrected chi connectivity index (χ3v) is 4.42. The van der Waals surface area contributed by atoms with Gasteiger partial charge in [-0.2, -0.15) is 13.2 Å². The first kappa shape index (κ1) is 25.2. The van der Waals surface area contributed by atoms with Crippen LogP contribution in [0.1, 0.15) is 19.4 Å². The second-order valence-electron chi connectivity index (χ2n) is 6.45. The van der Waals surface area contributed by atoms with Crippen molar-refractivity contribution in [3.05, 3.63) is 23.9 Å². The van der Waals surface area contributed by atoms with Gasteiger partial charge in [-0.3, -0.25) is 4.79 Å². The molecule has 1 aromatic rings. The first-order valence-corrected chi connectivity index (χ1v) is 9.04. The van der Waals surface area contributed by atoms with E-state index in [2.05, 4.69) is 15.3 Å². The third kappa shape index (κ3) is 6.89. The maximum atomic E-state index is 13.0. The Bertz CT molecular complexity index is 703. The topological polar surface area (TPSA) is 76.1 Å². The summed E-state index contributed by atoms with van der Waals surface area (Å²) in [5.74, 6) is -0.274. The molecule has 2 heterocycles. The second kappa shape index (κ2) is 11.4. The maximum absolute atomic E-state index is 13.0. The van der Waals surface area contributed by atoms with E-state index in [1.54, 1.807) is 0 Å². The Hall–Kier alpha value is -1.79. The van der Waals surface area contributed by atoms with Crippen molar-refractivity contribution in [2.45, 2.75) is 20.0 Å². The zero-order valence-corrected chi connectivity index (χ0v) is 18.9. The number of likely N-dealkylation sites (tertiary alicyclic amines) is 1. The lowest BCUT2D eigenvalue weighted by Gasteiger charge is -2.21. The lowest BCUT2D eigenvalue weighted by molar-refractivity contribution is -0.146. The number of aliphatic imine (C=N–C) groups is 1. The Morgan fingerprint density at radius 3 is 2.76 bits per heavy atom. The molecule has 0 bridgehead atoms. The van der Waals surface area contributed by atoms with Gasteiger partial charge in [0.2, 0.25) is 5.88 Å². The number of ether oxygens (including phenoxy) is 2. The summed E-state index contributed by atoms with van der Waals surface area (Å²) in [5.41, 5.74) is -0.917. The minimum absolute atomic E-state index is 0. The zero-order valence-electron chi connectivity index (χ0n) is 16.5. The summed E-state index contributed by atoms with van der Waals surface area (Å²) in [4.78, 5) is 21.9. The van der Waals surface area contributed by atoms with Crippen molar-refractivity contribution in [2.24, 2.45) is 16.8 Å². The predicted molar refractivity (Wildman–Crippen MR) is 112 cm³/mol. The van der Waals surface area contributed by atoms with Gasteiger partial charge in [-0.05, 0) is 25.0 Å². The number of esters is 1. The van der Waals surface area contributed by atoms with E-state index in [1.165, 1.54) is 19.4 Å². The average Bonchev–Trinajstić information content (AvgIpc) is 3.04. The van der Waals surface area contributed by atoms with Crippen LogP contribution in [-0.2, 0) is 15.7 Å². The molecule has 2 unspecified atom stereocenters. The Balaban J connectivity index is 0.00000420. The first-order valence-electron chi connectivity index (χ1n) is 9.04. The highest BCUT2D eigenvalue weighted by Gasteiger charge is 2.37. The molecule has 1 aromatic heterocycles. The highest BCUT2D eigenvalue weighted by Crippen LogP contribution is 2.34. The SMILES string of the molecule is CCNC(=NCCOc1ncccc1C(F)(F)F)N1CC(C)C(C(=O)OC)C1.I. The van der Waals surface area contributed by atoms with Crippen LogP contribution in [0.5, 0.6) is 5.88 Å². The van der Waals surface area contributed by atoms with Crippen molar-refractivity contribution in [1.82, 2.24) is 15.2 Å². The van der Waals surface area contributed by atoms with Gasteiger partial charge in [-0.15, -0.1) is 24.0 Å². The van der Waals surface area contributed by atoms with Gasteiger partial charge in [-0.1, -0.05) is 6.92 Å². The number of rotatable bonds is 6. The Morgan fingerprint density at radius 1 is 1.41 bits per heavy atom. The monoisotopic (exact) mass is 530 g/mol. The Labute approximate surface area is 185 Å². The van der Waals surface area contributed by atoms with E-state index in [-0.39, 0.29) is 54.9 Å². The van der Waals surface area contributed by atoms with Crippen LogP contribution in [-0.4, -0.2) is 61.7 Å². The number of nitrogens with one attached hydrogen (secondary N) is 1. The molecule has 0 amide bonds. The molecule has 0 aromatic carbocycles. The van der Waals surface area contributed by atoms with E-state index >= 15 is 0 Å². The molecule has 0 saturated carbocycles. The van der Waals surface area contributed by atoms with E-state index in [0.29, 0.717) is 25.6 Å². The smallest absolute Gasteiger partial charge is 0.421 e. The summed E-state index contributed by atoms with van der Waals surface area (Å²) in [6.07, 6.45) is -3.28. The van der Waals surface area contributed by atoms with E-state index in [4.69, 9.17) is 9.47 Å². The molecule has 2 rings (SSSR count).